The van der Waals surface area contributed by atoms with Crippen molar-refractivity contribution in [2.45, 2.75) is 26.2 Å². The average molecular weight is 301 g/mol. The van der Waals surface area contributed by atoms with Crippen molar-refractivity contribution in [2.75, 3.05) is 5.32 Å². The average Bonchev–Trinajstić information content (AvgIpc) is 3.10. The molecule has 0 atom stereocenters. The molecule has 0 unspecified atom stereocenters. The molecule has 0 saturated carbocycles. The fourth-order valence-electron chi connectivity index (χ4n) is 1.98. The Hall–Kier alpha value is -2.28. The predicted octanol–water partition coefficient (Wildman–Crippen LogP) is 2.55. The summed E-state index contributed by atoms with van der Waals surface area (Å²) in [7, 11) is 0. The summed E-state index contributed by atoms with van der Waals surface area (Å²) in [6.45, 7) is 2.01. The van der Waals surface area contributed by atoms with E-state index < -0.39 is 0 Å². The van der Waals surface area contributed by atoms with Gasteiger partial charge in [0, 0.05) is 12.8 Å². The molecule has 0 radical (unpaired) electrons. The molecule has 0 saturated heterocycles. The molecular weight excluding hydrogens is 286 g/mol. The van der Waals surface area contributed by atoms with Gasteiger partial charge < -0.3 is 10.3 Å². The summed E-state index contributed by atoms with van der Waals surface area (Å²) in [5.74, 6) is 0.743. The van der Waals surface area contributed by atoms with E-state index in [2.05, 4.69) is 25.5 Å². The molecule has 0 aliphatic carbocycles. The number of rotatable bonds is 5. The third-order valence-electron chi connectivity index (χ3n) is 3.04. The van der Waals surface area contributed by atoms with Crippen LogP contribution in [0.15, 0.2) is 24.3 Å². The first-order valence-corrected chi connectivity index (χ1v) is 7.62. The largest absolute Gasteiger partial charge is 0.342 e. The van der Waals surface area contributed by atoms with Crippen LogP contribution in [-0.4, -0.2) is 26.1 Å². The maximum Gasteiger partial charge on any atom is 0.226 e. The summed E-state index contributed by atoms with van der Waals surface area (Å²) in [6, 6.07) is 7.82. The molecule has 3 rings (SSSR count). The van der Waals surface area contributed by atoms with Gasteiger partial charge in [0.15, 0.2) is 0 Å². The van der Waals surface area contributed by atoms with E-state index in [-0.39, 0.29) is 5.91 Å². The van der Waals surface area contributed by atoms with Crippen LogP contribution >= 0.6 is 11.3 Å². The molecule has 0 spiro atoms. The fourth-order valence-corrected chi connectivity index (χ4v) is 2.68. The minimum absolute atomic E-state index is 0.0748. The van der Waals surface area contributed by atoms with Crippen LogP contribution < -0.4 is 5.32 Å². The van der Waals surface area contributed by atoms with E-state index in [1.165, 1.54) is 11.3 Å². The second kappa shape index (κ2) is 6.01. The van der Waals surface area contributed by atoms with Gasteiger partial charge in [0.05, 0.1) is 11.0 Å². The van der Waals surface area contributed by atoms with Gasteiger partial charge in [0.2, 0.25) is 11.0 Å². The Labute approximate surface area is 125 Å². The minimum atomic E-state index is -0.0748. The Morgan fingerprint density at radius 1 is 1.33 bits per heavy atom. The van der Waals surface area contributed by atoms with Crippen LogP contribution in [0.3, 0.4) is 0 Å². The lowest BCUT2D eigenvalue weighted by molar-refractivity contribution is -0.116. The topological polar surface area (TPSA) is 83.6 Å². The molecule has 0 fully saturated rings. The first kappa shape index (κ1) is 13.7. The third-order valence-corrected chi connectivity index (χ3v) is 4.03. The number of benzene rings is 1. The SMILES string of the molecule is CCc1nnc(NC(=O)CCc2nc3ccccc3[nH]2)s1. The van der Waals surface area contributed by atoms with E-state index in [0.29, 0.717) is 18.0 Å². The van der Waals surface area contributed by atoms with Crippen molar-refractivity contribution in [3.05, 3.63) is 35.1 Å². The van der Waals surface area contributed by atoms with Crippen molar-refractivity contribution in [3.63, 3.8) is 0 Å². The summed E-state index contributed by atoms with van der Waals surface area (Å²) in [6.07, 6.45) is 1.76. The van der Waals surface area contributed by atoms with Crippen molar-refractivity contribution >= 4 is 33.4 Å². The molecule has 1 amide bonds. The summed E-state index contributed by atoms with van der Waals surface area (Å²) >= 11 is 1.41. The highest BCUT2D eigenvalue weighted by atomic mass is 32.1. The van der Waals surface area contributed by atoms with Gasteiger partial charge in [-0.2, -0.15) is 0 Å². The molecule has 108 valence electrons. The number of carbonyl (C=O) groups is 1. The van der Waals surface area contributed by atoms with Crippen LogP contribution in [0, 0.1) is 0 Å². The Morgan fingerprint density at radius 3 is 2.95 bits per heavy atom. The molecule has 7 heteroatoms. The summed E-state index contributed by atoms with van der Waals surface area (Å²) in [4.78, 5) is 19.5. The van der Waals surface area contributed by atoms with Gasteiger partial charge in [-0.1, -0.05) is 30.4 Å². The number of anilines is 1. The molecule has 2 N–H and O–H groups in total. The number of amides is 1. The molecular formula is C14H15N5OS. The van der Waals surface area contributed by atoms with Crippen LogP contribution in [0.5, 0.6) is 0 Å². The van der Waals surface area contributed by atoms with Crippen molar-refractivity contribution in [1.29, 1.82) is 0 Å². The molecule has 1 aromatic carbocycles. The molecule has 2 aromatic heterocycles. The quantitative estimate of drug-likeness (QED) is 0.758. The lowest BCUT2D eigenvalue weighted by Crippen LogP contribution is -2.12. The van der Waals surface area contributed by atoms with Gasteiger partial charge in [-0.25, -0.2) is 4.98 Å². The fraction of sp³-hybridized carbons (Fsp3) is 0.286. The number of imidazole rings is 1. The smallest absolute Gasteiger partial charge is 0.226 e. The number of nitrogens with one attached hydrogen (secondary N) is 2. The standard InChI is InChI=1S/C14H15N5OS/c1-2-13-18-19-14(21-13)17-12(20)8-7-11-15-9-5-3-4-6-10(9)16-11/h3-6H,2,7-8H2,1H3,(H,15,16)(H,17,19,20). The molecule has 21 heavy (non-hydrogen) atoms. The number of aromatic amines is 1. The summed E-state index contributed by atoms with van der Waals surface area (Å²) in [5, 5.41) is 12.1. The van der Waals surface area contributed by atoms with Crippen LogP contribution in [0.4, 0.5) is 5.13 Å². The third kappa shape index (κ3) is 3.25. The number of hydrogen-bond donors (Lipinski definition) is 2. The zero-order valence-electron chi connectivity index (χ0n) is 11.6. The first-order chi connectivity index (χ1) is 10.2. The van der Waals surface area contributed by atoms with E-state index in [9.17, 15) is 4.79 Å². The van der Waals surface area contributed by atoms with Crippen molar-refractivity contribution in [3.8, 4) is 0 Å². The Morgan fingerprint density at radius 2 is 2.19 bits per heavy atom. The highest BCUT2D eigenvalue weighted by Crippen LogP contribution is 2.16. The first-order valence-electron chi connectivity index (χ1n) is 6.80. The monoisotopic (exact) mass is 301 g/mol. The molecule has 0 aliphatic heterocycles. The van der Waals surface area contributed by atoms with E-state index in [0.717, 1.165) is 28.3 Å². The lowest BCUT2D eigenvalue weighted by atomic mass is 10.3. The zero-order valence-corrected chi connectivity index (χ0v) is 12.4. The summed E-state index contributed by atoms with van der Waals surface area (Å²) in [5.41, 5.74) is 1.91. The maximum atomic E-state index is 11.9. The molecule has 6 nitrogen and oxygen atoms in total. The Kier molecular flexibility index (Phi) is 3.92. The van der Waals surface area contributed by atoms with Gasteiger partial charge >= 0.3 is 0 Å². The Bertz CT molecular complexity index is 730. The van der Waals surface area contributed by atoms with Gasteiger partial charge in [-0.15, -0.1) is 10.2 Å². The second-order valence-corrected chi connectivity index (χ2v) is 5.67. The molecule has 2 heterocycles. The van der Waals surface area contributed by atoms with Gasteiger partial charge in [0.1, 0.15) is 10.8 Å². The number of aryl methyl sites for hydroxylation is 2. The number of nitrogens with zero attached hydrogens (tertiary/aromatic N) is 3. The van der Waals surface area contributed by atoms with E-state index in [1.54, 1.807) is 0 Å². The highest BCUT2D eigenvalue weighted by molar-refractivity contribution is 7.15. The minimum Gasteiger partial charge on any atom is -0.342 e. The Balaban J connectivity index is 1.57. The van der Waals surface area contributed by atoms with Crippen LogP contribution in [0.2, 0.25) is 0 Å². The number of fused-ring (bicyclic) bond motifs is 1. The molecule has 3 aromatic rings. The summed E-state index contributed by atoms with van der Waals surface area (Å²) < 4.78 is 0. The predicted molar refractivity (Wildman–Crippen MR) is 82.3 cm³/mol. The number of para-hydroxylation sites is 2. The molecule has 0 aliphatic rings. The van der Waals surface area contributed by atoms with Crippen molar-refractivity contribution in [2.24, 2.45) is 0 Å². The maximum absolute atomic E-state index is 11.9. The number of hydrogen-bond acceptors (Lipinski definition) is 5. The van der Waals surface area contributed by atoms with Gasteiger partial charge in [-0.05, 0) is 18.6 Å². The highest BCUT2D eigenvalue weighted by Gasteiger charge is 2.09. The van der Waals surface area contributed by atoms with Crippen LogP contribution in [0.25, 0.3) is 11.0 Å². The van der Waals surface area contributed by atoms with Gasteiger partial charge in [0.25, 0.3) is 0 Å². The number of H-pyrrole nitrogens is 1. The van der Waals surface area contributed by atoms with E-state index >= 15 is 0 Å². The van der Waals surface area contributed by atoms with E-state index in [4.69, 9.17) is 0 Å². The van der Waals surface area contributed by atoms with E-state index in [1.807, 2.05) is 31.2 Å². The lowest BCUT2D eigenvalue weighted by Gasteiger charge is -1.99. The van der Waals surface area contributed by atoms with Gasteiger partial charge in [-0.3, -0.25) is 4.79 Å². The van der Waals surface area contributed by atoms with Crippen molar-refractivity contribution in [1.82, 2.24) is 20.2 Å². The number of carbonyl (C=O) groups excluding carboxylic acids is 1. The second-order valence-electron chi connectivity index (χ2n) is 4.60. The van der Waals surface area contributed by atoms with Crippen molar-refractivity contribution < 1.29 is 4.79 Å². The molecule has 0 bridgehead atoms. The van der Waals surface area contributed by atoms with Crippen LogP contribution in [-0.2, 0) is 17.6 Å². The van der Waals surface area contributed by atoms with Crippen LogP contribution in [0.1, 0.15) is 24.2 Å². The normalized spacial score (nSPS) is 10.9. The zero-order chi connectivity index (χ0) is 14.7. The number of aromatic nitrogens is 4.